The van der Waals surface area contributed by atoms with Crippen LogP contribution in [-0.2, 0) is 0 Å². The molecule has 1 aromatic heterocycles. The van der Waals surface area contributed by atoms with Crippen molar-refractivity contribution in [3.05, 3.63) is 30.0 Å². The van der Waals surface area contributed by atoms with Crippen LogP contribution in [0, 0.1) is 5.92 Å². The predicted octanol–water partition coefficient (Wildman–Crippen LogP) is 3.36. The first-order valence-electron chi connectivity index (χ1n) is 8.07. The molecule has 1 aliphatic carbocycles. The molecule has 110 valence electrons. The average molecular weight is 283 g/mol. The first-order chi connectivity index (χ1) is 10.3. The first-order valence-corrected chi connectivity index (χ1v) is 8.07. The van der Waals surface area contributed by atoms with Crippen LogP contribution in [0.5, 0.6) is 0 Å². The molecule has 1 saturated carbocycles. The van der Waals surface area contributed by atoms with Crippen molar-refractivity contribution < 1.29 is 4.79 Å². The van der Waals surface area contributed by atoms with Gasteiger partial charge >= 0.3 is 0 Å². The number of rotatable bonds is 2. The second kappa shape index (κ2) is 5.17. The Bertz CT molecular complexity index is 657. The number of benzene rings is 1. The minimum absolute atomic E-state index is 0.191. The van der Waals surface area contributed by atoms with E-state index in [-0.39, 0.29) is 5.91 Å². The number of likely N-dealkylation sites (tertiary alicyclic amines) is 1. The zero-order valence-corrected chi connectivity index (χ0v) is 12.2. The number of amides is 1. The number of aromatic nitrogens is 2. The Labute approximate surface area is 124 Å². The second-order valence-corrected chi connectivity index (χ2v) is 6.39. The summed E-state index contributed by atoms with van der Waals surface area (Å²) in [6.45, 7) is 0.911. The number of carbonyl (C=O) groups is 1. The molecule has 2 aliphatic rings. The maximum absolute atomic E-state index is 13.0. The van der Waals surface area contributed by atoms with E-state index in [1.165, 1.54) is 32.1 Å². The van der Waals surface area contributed by atoms with Gasteiger partial charge in [0.1, 0.15) is 0 Å². The highest BCUT2D eigenvalue weighted by atomic mass is 16.2. The van der Waals surface area contributed by atoms with Gasteiger partial charge in [0.05, 0.1) is 17.3 Å². The summed E-state index contributed by atoms with van der Waals surface area (Å²) in [6, 6.07) is 6.30. The van der Waals surface area contributed by atoms with Crippen molar-refractivity contribution in [2.24, 2.45) is 5.92 Å². The number of H-pyrrole nitrogens is 1. The van der Waals surface area contributed by atoms with Crippen LogP contribution in [0.3, 0.4) is 0 Å². The lowest BCUT2D eigenvalue weighted by Gasteiger charge is -2.29. The van der Waals surface area contributed by atoms with Crippen molar-refractivity contribution in [1.29, 1.82) is 0 Å². The Morgan fingerprint density at radius 2 is 2.05 bits per heavy atom. The Kier molecular flexibility index (Phi) is 3.17. The summed E-state index contributed by atoms with van der Waals surface area (Å²) >= 11 is 0. The number of nitrogens with zero attached hydrogens (tertiary/aromatic N) is 2. The van der Waals surface area contributed by atoms with Gasteiger partial charge in [0.25, 0.3) is 5.91 Å². The van der Waals surface area contributed by atoms with Crippen molar-refractivity contribution in [2.75, 3.05) is 6.54 Å². The Hall–Kier alpha value is -1.84. The molecule has 4 rings (SSSR count). The third-order valence-electron chi connectivity index (χ3n) is 5.22. The van der Waals surface area contributed by atoms with Crippen molar-refractivity contribution in [2.45, 2.75) is 44.6 Å². The predicted molar refractivity (Wildman–Crippen MR) is 82.1 cm³/mol. The normalized spacial score (nSPS) is 23.2. The van der Waals surface area contributed by atoms with Crippen LogP contribution in [0.1, 0.15) is 48.9 Å². The van der Waals surface area contributed by atoms with Gasteiger partial charge in [0, 0.05) is 18.0 Å². The third kappa shape index (κ3) is 2.13. The lowest BCUT2D eigenvalue weighted by Crippen LogP contribution is -2.39. The molecule has 1 aromatic carbocycles. The molecule has 2 fully saturated rings. The summed E-state index contributed by atoms with van der Waals surface area (Å²) in [5.74, 6) is 0.913. The van der Waals surface area contributed by atoms with Gasteiger partial charge in [-0.2, -0.15) is 5.10 Å². The monoisotopic (exact) mass is 283 g/mol. The summed E-state index contributed by atoms with van der Waals surface area (Å²) in [5, 5.41) is 7.97. The maximum atomic E-state index is 13.0. The molecule has 0 spiro atoms. The average Bonchev–Trinajstić information content (AvgIpc) is 3.23. The molecular weight excluding hydrogens is 262 g/mol. The minimum Gasteiger partial charge on any atom is -0.335 e. The molecule has 0 bridgehead atoms. The number of hydrogen-bond donors (Lipinski definition) is 1. The quantitative estimate of drug-likeness (QED) is 0.918. The third-order valence-corrected chi connectivity index (χ3v) is 5.22. The summed E-state index contributed by atoms with van der Waals surface area (Å²) in [7, 11) is 0. The molecular formula is C17H21N3O. The minimum atomic E-state index is 0.191. The number of hydrogen-bond acceptors (Lipinski definition) is 2. The van der Waals surface area contributed by atoms with Crippen LogP contribution in [0.4, 0.5) is 0 Å². The lowest BCUT2D eigenvalue weighted by molar-refractivity contribution is 0.0691. The van der Waals surface area contributed by atoms with Crippen LogP contribution >= 0.6 is 0 Å². The van der Waals surface area contributed by atoms with Crippen molar-refractivity contribution >= 4 is 16.8 Å². The summed E-state index contributed by atoms with van der Waals surface area (Å²) in [6.07, 6.45) is 9.35. The lowest BCUT2D eigenvalue weighted by atomic mass is 9.95. The molecule has 2 aromatic rings. The van der Waals surface area contributed by atoms with E-state index in [0.29, 0.717) is 6.04 Å². The molecule has 1 amide bonds. The number of fused-ring (bicyclic) bond motifs is 1. The molecule has 21 heavy (non-hydrogen) atoms. The van der Waals surface area contributed by atoms with Crippen molar-refractivity contribution in [3.8, 4) is 0 Å². The van der Waals surface area contributed by atoms with E-state index in [9.17, 15) is 4.79 Å². The van der Waals surface area contributed by atoms with E-state index in [1.54, 1.807) is 6.20 Å². The van der Waals surface area contributed by atoms with Gasteiger partial charge in [0.15, 0.2) is 0 Å². The Morgan fingerprint density at radius 1 is 1.19 bits per heavy atom. The number of aromatic amines is 1. The number of carbonyl (C=O) groups excluding carboxylic acids is 1. The second-order valence-electron chi connectivity index (χ2n) is 6.39. The van der Waals surface area contributed by atoms with Gasteiger partial charge < -0.3 is 4.90 Å². The van der Waals surface area contributed by atoms with Gasteiger partial charge in [-0.05, 0) is 43.7 Å². The van der Waals surface area contributed by atoms with E-state index < -0.39 is 0 Å². The molecule has 1 unspecified atom stereocenters. The summed E-state index contributed by atoms with van der Waals surface area (Å²) < 4.78 is 0. The molecule has 1 atom stereocenters. The van der Waals surface area contributed by atoms with Crippen LogP contribution < -0.4 is 0 Å². The summed E-state index contributed by atoms with van der Waals surface area (Å²) in [5.41, 5.74) is 1.74. The van der Waals surface area contributed by atoms with Gasteiger partial charge in [-0.25, -0.2) is 0 Å². The SMILES string of the molecule is O=C(c1cccc2[nH]ncc12)N1CCCC1C1CCCC1. The van der Waals surface area contributed by atoms with E-state index in [0.717, 1.165) is 35.3 Å². The fourth-order valence-corrected chi connectivity index (χ4v) is 4.19. The Balaban J connectivity index is 1.65. The van der Waals surface area contributed by atoms with Crippen molar-refractivity contribution in [3.63, 3.8) is 0 Å². The molecule has 1 aliphatic heterocycles. The topological polar surface area (TPSA) is 49.0 Å². The van der Waals surface area contributed by atoms with Crippen LogP contribution in [0.2, 0.25) is 0 Å². The number of nitrogens with one attached hydrogen (secondary N) is 1. The van der Waals surface area contributed by atoms with Crippen molar-refractivity contribution in [1.82, 2.24) is 15.1 Å². The zero-order chi connectivity index (χ0) is 14.2. The fourth-order valence-electron chi connectivity index (χ4n) is 4.19. The molecule has 2 heterocycles. The van der Waals surface area contributed by atoms with Crippen LogP contribution in [0.25, 0.3) is 10.9 Å². The molecule has 1 saturated heterocycles. The van der Waals surface area contributed by atoms with E-state index in [2.05, 4.69) is 15.1 Å². The standard InChI is InChI=1S/C17H21N3O/c21-17(13-7-3-8-15-14(13)11-18-19-15)20-10-4-9-16(20)12-5-1-2-6-12/h3,7-8,11-12,16H,1-2,4-6,9-10H2,(H,18,19). The molecule has 0 radical (unpaired) electrons. The Morgan fingerprint density at radius 3 is 2.90 bits per heavy atom. The largest absolute Gasteiger partial charge is 0.335 e. The molecule has 1 N–H and O–H groups in total. The van der Waals surface area contributed by atoms with E-state index >= 15 is 0 Å². The van der Waals surface area contributed by atoms with E-state index in [1.807, 2.05) is 18.2 Å². The van der Waals surface area contributed by atoms with Gasteiger partial charge in [-0.1, -0.05) is 18.9 Å². The maximum Gasteiger partial charge on any atom is 0.254 e. The van der Waals surface area contributed by atoms with E-state index in [4.69, 9.17) is 0 Å². The van der Waals surface area contributed by atoms with Gasteiger partial charge in [-0.3, -0.25) is 9.89 Å². The highest BCUT2D eigenvalue weighted by Crippen LogP contribution is 2.36. The van der Waals surface area contributed by atoms with Gasteiger partial charge in [-0.15, -0.1) is 0 Å². The van der Waals surface area contributed by atoms with Crippen LogP contribution in [-0.4, -0.2) is 33.6 Å². The molecule has 4 heteroatoms. The first kappa shape index (κ1) is 12.9. The van der Waals surface area contributed by atoms with Gasteiger partial charge in [0.2, 0.25) is 0 Å². The summed E-state index contributed by atoms with van der Waals surface area (Å²) in [4.78, 5) is 15.1. The zero-order valence-electron chi connectivity index (χ0n) is 12.2. The smallest absolute Gasteiger partial charge is 0.254 e. The fraction of sp³-hybridized carbons (Fsp3) is 0.529. The highest BCUT2D eigenvalue weighted by molar-refractivity contribution is 6.06. The van der Waals surface area contributed by atoms with Crippen LogP contribution in [0.15, 0.2) is 24.4 Å². The molecule has 4 nitrogen and oxygen atoms in total. The highest BCUT2D eigenvalue weighted by Gasteiger charge is 2.36.